The summed E-state index contributed by atoms with van der Waals surface area (Å²) >= 11 is 0. The van der Waals surface area contributed by atoms with Gasteiger partial charge < -0.3 is 9.68 Å². The van der Waals surface area contributed by atoms with Crippen molar-refractivity contribution in [2.24, 2.45) is 10.3 Å². The van der Waals surface area contributed by atoms with E-state index in [4.69, 9.17) is 9.68 Å². The monoisotopic (exact) mass is 268 g/mol. The third-order valence-corrected chi connectivity index (χ3v) is 2.68. The standard InChI is InChI=1S/C16H16N2O2/c1-19-17-15(13-9-5-3-6-10-13)16(18-20-2)14-11-7-4-8-12-14/h3-12H,1-2H3/b17-15-,18-16?. The Hall–Kier alpha value is -2.62. The Morgan fingerprint density at radius 2 is 1.00 bits per heavy atom. The first kappa shape index (κ1) is 13.8. The molecule has 2 aromatic rings. The molecular formula is C16H16N2O2. The smallest absolute Gasteiger partial charge is 0.139 e. The van der Waals surface area contributed by atoms with E-state index in [1.165, 1.54) is 14.2 Å². The van der Waals surface area contributed by atoms with E-state index in [9.17, 15) is 0 Å². The Kier molecular flexibility index (Phi) is 4.89. The van der Waals surface area contributed by atoms with Crippen LogP contribution in [0.1, 0.15) is 11.1 Å². The fourth-order valence-electron chi connectivity index (χ4n) is 1.84. The van der Waals surface area contributed by atoms with Gasteiger partial charge in [0.15, 0.2) is 0 Å². The van der Waals surface area contributed by atoms with Crippen LogP contribution in [-0.4, -0.2) is 25.6 Å². The SMILES string of the molecule is CON=C(/C(=N\OC)c1ccccc1)c1ccccc1. The molecular weight excluding hydrogens is 252 g/mol. The zero-order valence-electron chi connectivity index (χ0n) is 11.5. The molecule has 20 heavy (non-hydrogen) atoms. The average molecular weight is 268 g/mol. The van der Waals surface area contributed by atoms with Gasteiger partial charge >= 0.3 is 0 Å². The maximum absolute atomic E-state index is 4.96. The van der Waals surface area contributed by atoms with Gasteiger partial charge in [0, 0.05) is 11.1 Å². The van der Waals surface area contributed by atoms with E-state index in [1.54, 1.807) is 0 Å². The maximum atomic E-state index is 4.96. The van der Waals surface area contributed by atoms with Crippen molar-refractivity contribution < 1.29 is 9.68 Å². The van der Waals surface area contributed by atoms with Crippen molar-refractivity contribution in [3.63, 3.8) is 0 Å². The second-order valence-electron chi connectivity index (χ2n) is 3.98. The molecule has 0 radical (unpaired) electrons. The summed E-state index contributed by atoms with van der Waals surface area (Å²) in [6.45, 7) is 0. The first-order valence-corrected chi connectivity index (χ1v) is 6.20. The van der Waals surface area contributed by atoms with Crippen molar-refractivity contribution in [2.75, 3.05) is 14.2 Å². The predicted octanol–water partition coefficient (Wildman–Crippen LogP) is 3.09. The number of benzene rings is 2. The van der Waals surface area contributed by atoms with E-state index >= 15 is 0 Å². The van der Waals surface area contributed by atoms with Crippen molar-refractivity contribution in [3.8, 4) is 0 Å². The lowest BCUT2D eigenvalue weighted by Crippen LogP contribution is -2.18. The zero-order chi connectivity index (χ0) is 14.2. The van der Waals surface area contributed by atoms with Crippen LogP contribution in [0.4, 0.5) is 0 Å². The van der Waals surface area contributed by atoms with E-state index in [2.05, 4.69) is 10.3 Å². The lowest BCUT2D eigenvalue weighted by molar-refractivity contribution is 0.210. The average Bonchev–Trinajstić information content (AvgIpc) is 2.52. The Bertz CT molecular complexity index is 537. The van der Waals surface area contributed by atoms with Gasteiger partial charge in [-0.15, -0.1) is 0 Å². The van der Waals surface area contributed by atoms with Crippen LogP contribution in [-0.2, 0) is 9.68 Å². The van der Waals surface area contributed by atoms with Crippen molar-refractivity contribution in [2.45, 2.75) is 0 Å². The summed E-state index contributed by atoms with van der Waals surface area (Å²) in [7, 11) is 3.02. The summed E-state index contributed by atoms with van der Waals surface area (Å²) in [4.78, 5) is 9.92. The van der Waals surface area contributed by atoms with Crippen molar-refractivity contribution >= 4 is 11.4 Å². The van der Waals surface area contributed by atoms with Crippen LogP contribution in [0.15, 0.2) is 71.0 Å². The molecule has 0 heterocycles. The van der Waals surface area contributed by atoms with Gasteiger partial charge in [0.05, 0.1) is 0 Å². The molecule has 2 rings (SSSR count). The normalized spacial score (nSPS) is 12.1. The summed E-state index contributed by atoms with van der Waals surface area (Å²) in [5.41, 5.74) is 3.07. The number of hydrogen-bond acceptors (Lipinski definition) is 4. The quantitative estimate of drug-likeness (QED) is 0.617. The number of hydrogen-bond donors (Lipinski definition) is 0. The maximum Gasteiger partial charge on any atom is 0.139 e. The van der Waals surface area contributed by atoms with Crippen LogP contribution in [0.3, 0.4) is 0 Å². The van der Waals surface area contributed by atoms with Crippen LogP contribution < -0.4 is 0 Å². The molecule has 0 saturated heterocycles. The lowest BCUT2D eigenvalue weighted by atomic mass is 10.00. The van der Waals surface area contributed by atoms with Gasteiger partial charge in [-0.05, 0) is 0 Å². The highest BCUT2D eigenvalue weighted by atomic mass is 16.6. The first-order valence-electron chi connectivity index (χ1n) is 6.20. The van der Waals surface area contributed by atoms with E-state index < -0.39 is 0 Å². The van der Waals surface area contributed by atoms with Crippen molar-refractivity contribution in [1.82, 2.24) is 0 Å². The van der Waals surface area contributed by atoms with Crippen LogP contribution in [0, 0.1) is 0 Å². The molecule has 0 unspecified atom stereocenters. The molecule has 0 atom stereocenters. The molecule has 0 aliphatic carbocycles. The molecule has 0 amide bonds. The summed E-state index contributed by atoms with van der Waals surface area (Å²) in [5.74, 6) is 0. The van der Waals surface area contributed by atoms with Crippen molar-refractivity contribution in [1.29, 1.82) is 0 Å². The van der Waals surface area contributed by atoms with Gasteiger partial charge in [-0.25, -0.2) is 0 Å². The number of rotatable bonds is 5. The van der Waals surface area contributed by atoms with Crippen LogP contribution in [0.5, 0.6) is 0 Å². The summed E-state index contributed by atoms with van der Waals surface area (Å²) in [5, 5.41) is 8.19. The molecule has 0 aliphatic heterocycles. The molecule has 0 bridgehead atoms. The van der Waals surface area contributed by atoms with E-state index in [0.29, 0.717) is 11.4 Å². The molecule has 102 valence electrons. The van der Waals surface area contributed by atoms with Gasteiger partial charge in [0.1, 0.15) is 25.6 Å². The van der Waals surface area contributed by atoms with E-state index in [-0.39, 0.29) is 0 Å². The Balaban J connectivity index is 2.51. The third kappa shape index (κ3) is 3.23. The zero-order valence-corrected chi connectivity index (χ0v) is 11.5. The Labute approximate surface area is 118 Å². The Morgan fingerprint density at radius 1 is 0.650 bits per heavy atom. The highest BCUT2D eigenvalue weighted by Crippen LogP contribution is 2.11. The minimum atomic E-state index is 0.626. The molecule has 2 aromatic carbocycles. The van der Waals surface area contributed by atoms with Crippen LogP contribution >= 0.6 is 0 Å². The molecule has 0 aromatic heterocycles. The fraction of sp³-hybridized carbons (Fsp3) is 0.125. The molecule has 0 N–H and O–H groups in total. The minimum absolute atomic E-state index is 0.626. The predicted molar refractivity (Wildman–Crippen MR) is 80.0 cm³/mol. The van der Waals surface area contributed by atoms with Gasteiger partial charge in [-0.1, -0.05) is 71.0 Å². The second kappa shape index (κ2) is 7.09. The molecule has 4 nitrogen and oxygen atoms in total. The van der Waals surface area contributed by atoms with Crippen LogP contribution in [0.2, 0.25) is 0 Å². The van der Waals surface area contributed by atoms with Gasteiger partial charge in [-0.3, -0.25) is 0 Å². The molecule has 0 saturated carbocycles. The fourth-order valence-corrected chi connectivity index (χ4v) is 1.84. The number of nitrogens with zero attached hydrogens (tertiary/aromatic N) is 2. The first-order chi connectivity index (χ1) is 9.86. The summed E-state index contributed by atoms with van der Waals surface area (Å²) < 4.78 is 0. The second-order valence-corrected chi connectivity index (χ2v) is 3.98. The number of oxime groups is 2. The molecule has 0 spiro atoms. The minimum Gasteiger partial charge on any atom is -0.399 e. The van der Waals surface area contributed by atoms with Gasteiger partial charge in [-0.2, -0.15) is 0 Å². The summed E-state index contributed by atoms with van der Waals surface area (Å²) in [6, 6.07) is 19.5. The molecule has 0 fully saturated rings. The van der Waals surface area contributed by atoms with Gasteiger partial charge in [0.25, 0.3) is 0 Å². The molecule has 0 aliphatic rings. The Morgan fingerprint density at radius 3 is 1.30 bits per heavy atom. The largest absolute Gasteiger partial charge is 0.399 e. The highest BCUT2D eigenvalue weighted by molar-refractivity contribution is 6.53. The van der Waals surface area contributed by atoms with E-state index in [1.807, 2.05) is 60.7 Å². The topological polar surface area (TPSA) is 43.2 Å². The molecule has 4 heteroatoms. The van der Waals surface area contributed by atoms with Crippen LogP contribution in [0.25, 0.3) is 0 Å². The van der Waals surface area contributed by atoms with Crippen molar-refractivity contribution in [3.05, 3.63) is 71.8 Å². The van der Waals surface area contributed by atoms with Gasteiger partial charge in [0.2, 0.25) is 0 Å². The highest BCUT2D eigenvalue weighted by Gasteiger charge is 2.15. The lowest BCUT2D eigenvalue weighted by Gasteiger charge is -2.09. The summed E-state index contributed by atoms with van der Waals surface area (Å²) in [6.07, 6.45) is 0. The van der Waals surface area contributed by atoms with E-state index in [0.717, 1.165) is 11.1 Å². The third-order valence-electron chi connectivity index (χ3n) is 2.68.